The van der Waals surface area contributed by atoms with Crippen LogP contribution in [0.3, 0.4) is 0 Å². The average Bonchev–Trinajstić information content (AvgIpc) is 2.12. The van der Waals surface area contributed by atoms with Gasteiger partial charge in [0.25, 0.3) is 5.92 Å². The highest BCUT2D eigenvalue weighted by Crippen LogP contribution is 2.22. The Morgan fingerprint density at radius 3 is 2.31 bits per heavy atom. The Morgan fingerprint density at radius 2 is 1.81 bits per heavy atom. The van der Waals surface area contributed by atoms with Crippen molar-refractivity contribution in [2.45, 2.75) is 52.9 Å². The fraction of sp³-hybridized carbons (Fsp3) is 0.846. The SMILES string of the molecule is CCOCC(F)(F)/C=C/CCCC(C)(C)C. The molecule has 0 rings (SSSR count). The molecule has 0 spiro atoms. The van der Waals surface area contributed by atoms with Crippen molar-refractivity contribution in [3.8, 4) is 0 Å². The summed E-state index contributed by atoms with van der Waals surface area (Å²) in [7, 11) is 0. The molecule has 3 heteroatoms. The third kappa shape index (κ3) is 10.1. The van der Waals surface area contributed by atoms with E-state index in [2.05, 4.69) is 20.8 Å². The molecule has 0 saturated carbocycles. The Labute approximate surface area is 97.9 Å². The van der Waals surface area contributed by atoms with Crippen molar-refractivity contribution in [3.05, 3.63) is 12.2 Å². The number of allylic oxidation sites excluding steroid dienone is 1. The Kier molecular flexibility index (Phi) is 6.81. The normalized spacial score (nSPS) is 13.6. The summed E-state index contributed by atoms with van der Waals surface area (Å²) in [6.45, 7) is 7.98. The summed E-state index contributed by atoms with van der Waals surface area (Å²) in [6.07, 6.45) is 5.23. The van der Waals surface area contributed by atoms with Gasteiger partial charge in [-0.15, -0.1) is 0 Å². The van der Waals surface area contributed by atoms with E-state index in [-0.39, 0.29) is 5.41 Å². The molecule has 0 atom stereocenters. The van der Waals surface area contributed by atoms with Crippen LogP contribution >= 0.6 is 0 Å². The van der Waals surface area contributed by atoms with Crippen molar-refractivity contribution in [2.75, 3.05) is 13.2 Å². The fourth-order valence-electron chi connectivity index (χ4n) is 1.29. The third-order valence-corrected chi connectivity index (χ3v) is 2.16. The molecule has 0 aromatic carbocycles. The predicted molar refractivity (Wildman–Crippen MR) is 63.9 cm³/mol. The fourth-order valence-corrected chi connectivity index (χ4v) is 1.29. The number of hydrogen-bond donors (Lipinski definition) is 0. The molecule has 0 aliphatic carbocycles. The maximum atomic E-state index is 13.1. The van der Waals surface area contributed by atoms with Gasteiger partial charge in [0, 0.05) is 6.61 Å². The van der Waals surface area contributed by atoms with Crippen molar-refractivity contribution < 1.29 is 13.5 Å². The molecule has 0 heterocycles. The van der Waals surface area contributed by atoms with Crippen LogP contribution in [0.4, 0.5) is 8.78 Å². The van der Waals surface area contributed by atoms with E-state index in [1.807, 2.05) is 0 Å². The van der Waals surface area contributed by atoms with Crippen molar-refractivity contribution in [1.82, 2.24) is 0 Å². The Bertz CT molecular complexity index is 204. The minimum Gasteiger partial charge on any atom is -0.375 e. The van der Waals surface area contributed by atoms with Gasteiger partial charge in [-0.1, -0.05) is 26.8 Å². The number of unbranched alkanes of at least 4 members (excludes halogenated alkanes) is 1. The van der Waals surface area contributed by atoms with Crippen LogP contribution in [-0.2, 0) is 4.74 Å². The topological polar surface area (TPSA) is 9.23 Å². The Hall–Kier alpha value is -0.440. The highest BCUT2D eigenvalue weighted by molar-refractivity contribution is 4.94. The van der Waals surface area contributed by atoms with Gasteiger partial charge < -0.3 is 4.74 Å². The smallest absolute Gasteiger partial charge is 0.289 e. The zero-order chi connectivity index (χ0) is 12.7. The highest BCUT2D eigenvalue weighted by atomic mass is 19.3. The minimum absolute atomic E-state index is 0.279. The first-order chi connectivity index (χ1) is 7.27. The van der Waals surface area contributed by atoms with E-state index < -0.39 is 12.5 Å². The molecule has 0 saturated heterocycles. The number of rotatable bonds is 7. The van der Waals surface area contributed by atoms with Crippen LogP contribution in [0.2, 0.25) is 0 Å². The first-order valence-corrected chi connectivity index (χ1v) is 5.90. The van der Waals surface area contributed by atoms with Gasteiger partial charge in [-0.3, -0.25) is 0 Å². The zero-order valence-corrected chi connectivity index (χ0v) is 10.9. The molecular weight excluding hydrogens is 210 g/mol. The molecule has 0 N–H and O–H groups in total. The van der Waals surface area contributed by atoms with Gasteiger partial charge in [0.15, 0.2) is 0 Å². The molecule has 16 heavy (non-hydrogen) atoms. The molecule has 96 valence electrons. The standard InChI is InChI=1S/C13H24F2O/c1-5-16-11-13(14,15)10-8-6-7-9-12(2,3)4/h8,10H,5-7,9,11H2,1-4H3/b10-8+. The summed E-state index contributed by atoms with van der Waals surface area (Å²) < 4.78 is 30.8. The number of alkyl halides is 2. The molecule has 0 bridgehead atoms. The molecular formula is C13H24F2O. The van der Waals surface area contributed by atoms with Crippen LogP contribution in [0, 0.1) is 5.41 Å². The number of hydrogen-bond acceptors (Lipinski definition) is 1. The van der Waals surface area contributed by atoms with Crippen LogP contribution in [0.15, 0.2) is 12.2 Å². The van der Waals surface area contributed by atoms with Crippen molar-refractivity contribution in [2.24, 2.45) is 5.41 Å². The van der Waals surface area contributed by atoms with E-state index in [9.17, 15) is 8.78 Å². The predicted octanol–water partition coefficient (Wildman–Crippen LogP) is 4.43. The molecule has 0 aliphatic rings. The second-order valence-electron chi connectivity index (χ2n) is 5.25. The third-order valence-electron chi connectivity index (χ3n) is 2.16. The Balaban J connectivity index is 3.74. The lowest BCUT2D eigenvalue weighted by atomic mass is 9.90. The van der Waals surface area contributed by atoms with E-state index >= 15 is 0 Å². The van der Waals surface area contributed by atoms with E-state index in [0.29, 0.717) is 13.0 Å². The first kappa shape index (κ1) is 15.6. The molecule has 0 radical (unpaired) electrons. The van der Waals surface area contributed by atoms with Gasteiger partial charge in [-0.05, 0) is 37.7 Å². The van der Waals surface area contributed by atoms with Crippen LogP contribution in [-0.4, -0.2) is 19.1 Å². The van der Waals surface area contributed by atoms with Gasteiger partial charge >= 0.3 is 0 Å². The van der Waals surface area contributed by atoms with E-state index in [1.165, 1.54) is 0 Å². The molecule has 0 aromatic rings. The first-order valence-electron chi connectivity index (χ1n) is 5.90. The maximum Gasteiger partial charge on any atom is 0.289 e. The lowest BCUT2D eigenvalue weighted by Crippen LogP contribution is -2.20. The van der Waals surface area contributed by atoms with Gasteiger partial charge in [0.1, 0.15) is 6.61 Å². The van der Waals surface area contributed by atoms with Crippen LogP contribution in [0.1, 0.15) is 47.0 Å². The molecule has 1 nitrogen and oxygen atoms in total. The molecule has 0 aromatic heterocycles. The van der Waals surface area contributed by atoms with E-state index in [1.54, 1.807) is 13.0 Å². The second kappa shape index (κ2) is 7.00. The monoisotopic (exact) mass is 234 g/mol. The summed E-state index contributed by atoms with van der Waals surface area (Å²) in [4.78, 5) is 0. The lowest BCUT2D eigenvalue weighted by Gasteiger charge is -2.17. The lowest BCUT2D eigenvalue weighted by molar-refractivity contribution is -0.0367. The van der Waals surface area contributed by atoms with Gasteiger partial charge in [0.05, 0.1) is 0 Å². The van der Waals surface area contributed by atoms with Crippen molar-refractivity contribution in [3.63, 3.8) is 0 Å². The van der Waals surface area contributed by atoms with Crippen molar-refractivity contribution >= 4 is 0 Å². The number of halogens is 2. The summed E-state index contributed by atoms with van der Waals surface area (Å²) in [5, 5.41) is 0. The van der Waals surface area contributed by atoms with Gasteiger partial charge in [0.2, 0.25) is 0 Å². The summed E-state index contributed by atoms with van der Waals surface area (Å²) >= 11 is 0. The van der Waals surface area contributed by atoms with E-state index in [4.69, 9.17) is 4.74 Å². The molecule has 0 amide bonds. The Morgan fingerprint density at radius 1 is 1.19 bits per heavy atom. The zero-order valence-electron chi connectivity index (χ0n) is 10.9. The number of ether oxygens (including phenoxy) is 1. The second-order valence-corrected chi connectivity index (χ2v) is 5.25. The molecule has 0 fully saturated rings. The summed E-state index contributed by atoms with van der Waals surface area (Å²) in [5.74, 6) is -2.82. The average molecular weight is 234 g/mol. The molecule has 0 aliphatic heterocycles. The minimum atomic E-state index is -2.82. The quantitative estimate of drug-likeness (QED) is 0.467. The van der Waals surface area contributed by atoms with Crippen LogP contribution in [0.25, 0.3) is 0 Å². The molecule has 0 unspecified atom stereocenters. The van der Waals surface area contributed by atoms with Crippen LogP contribution < -0.4 is 0 Å². The highest BCUT2D eigenvalue weighted by Gasteiger charge is 2.24. The maximum absolute atomic E-state index is 13.1. The summed E-state index contributed by atoms with van der Waals surface area (Å²) in [5.41, 5.74) is 0.279. The van der Waals surface area contributed by atoms with E-state index in [0.717, 1.165) is 18.9 Å². The largest absolute Gasteiger partial charge is 0.375 e. The van der Waals surface area contributed by atoms with Gasteiger partial charge in [-0.25, -0.2) is 0 Å². The van der Waals surface area contributed by atoms with Gasteiger partial charge in [-0.2, -0.15) is 8.78 Å². The van der Waals surface area contributed by atoms with Crippen LogP contribution in [0.5, 0.6) is 0 Å². The summed E-state index contributed by atoms with van der Waals surface area (Å²) in [6, 6.07) is 0. The van der Waals surface area contributed by atoms with Crippen molar-refractivity contribution in [1.29, 1.82) is 0 Å².